The smallest absolute Gasteiger partial charge is 0.410 e. The van der Waals surface area contributed by atoms with E-state index in [0.717, 1.165) is 32.7 Å². The number of likely N-dealkylation sites (N-methyl/N-ethyl adjacent to an activating group) is 1. The minimum atomic E-state index is -3.33. The molecule has 5 aromatic carbocycles. The van der Waals surface area contributed by atoms with Crippen molar-refractivity contribution in [3.63, 3.8) is 0 Å². The van der Waals surface area contributed by atoms with E-state index < -0.39 is 45.9 Å². The van der Waals surface area contributed by atoms with Gasteiger partial charge in [0.1, 0.15) is 12.6 Å². The highest BCUT2D eigenvalue weighted by molar-refractivity contribution is 7.91. The molecule has 55 heavy (non-hydrogen) atoms. The summed E-state index contributed by atoms with van der Waals surface area (Å²) < 4.78 is 37.1. The van der Waals surface area contributed by atoms with E-state index in [0.29, 0.717) is 21.7 Å². The number of amides is 2. The molecule has 0 radical (unpaired) electrons. The van der Waals surface area contributed by atoms with Crippen molar-refractivity contribution < 1.29 is 32.3 Å². The maximum Gasteiger partial charge on any atom is 0.410 e. The number of hydrogen-bond acceptors (Lipinski definition) is 7. The summed E-state index contributed by atoms with van der Waals surface area (Å²) in [7, 11) is -1.92. The third-order valence-electron chi connectivity index (χ3n) is 10.6. The van der Waals surface area contributed by atoms with E-state index in [1.165, 1.54) is 11.9 Å². The first-order valence-corrected chi connectivity index (χ1v) is 20.3. The van der Waals surface area contributed by atoms with Gasteiger partial charge in [0.2, 0.25) is 5.91 Å². The molecule has 0 spiro atoms. The average Bonchev–Trinajstić information content (AvgIpc) is 3.52. The number of aryl methyl sites for hydroxylation is 1. The topological polar surface area (TPSA) is 110 Å². The number of carbonyl (C=O) groups is 3. The van der Waals surface area contributed by atoms with E-state index >= 15 is 0 Å². The second-order valence-electron chi connectivity index (χ2n) is 14.0. The fourth-order valence-corrected chi connectivity index (χ4v) is 9.06. The van der Waals surface area contributed by atoms with E-state index in [-0.39, 0.29) is 37.1 Å². The van der Waals surface area contributed by atoms with E-state index in [1.807, 2.05) is 116 Å². The Bertz CT molecular complexity index is 2270. The number of nitrogens with zero attached hydrogens (tertiary/aromatic N) is 2. The van der Waals surface area contributed by atoms with Gasteiger partial charge < -0.3 is 14.4 Å². The van der Waals surface area contributed by atoms with Crippen molar-refractivity contribution in [2.24, 2.45) is 0 Å². The average molecular weight is 777 g/mol. The number of halogens is 1. The van der Waals surface area contributed by atoms with Crippen LogP contribution in [0.1, 0.15) is 45.7 Å². The van der Waals surface area contributed by atoms with Crippen LogP contribution >= 0.6 is 11.6 Å². The minimum Gasteiger partial charge on any atom is -0.448 e. The standard InChI is InChI=1S/C44H41ClN2O7S/c1-30-20-22-32(23-21-30)44(31-12-4-3-5-13-31,38-18-10-11-19-39(38)45)54-41(48)28-40(42(49)47-24-26-55(51,52)27-25-47)46(2)43(50)53-29-37-35-16-8-6-14-33(35)34-15-7-9-17-36(34)37/h3-23,37,40H,24-29H2,1-2H3/t40-,44?/m0/s1. The van der Waals surface area contributed by atoms with E-state index in [2.05, 4.69) is 0 Å². The van der Waals surface area contributed by atoms with Crippen LogP contribution in [0, 0.1) is 6.92 Å². The number of fused-ring (bicyclic) bond motifs is 3. The zero-order chi connectivity index (χ0) is 38.7. The molecule has 1 aliphatic heterocycles. The van der Waals surface area contributed by atoms with Gasteiger partial charge in [0, 0.05) is 47.8 Å². The number of ether oxygens (including phenoxy) is 2. The summed E-state index contributed by atoms with van der Waals surface area (Å²) in [5.41, 5.74) is 5.39. The predicted octanol–water partition coefficient (Wildman–Crippen LogP) is 7.38. The van der Waals surface area contributed by atoms with E-state index in [9.17, 15) is 22.8 Å². The Morgan fingerprint density at radius 3 is 1.95 bits per heavy atom. The van der Waals surface area contributed by atoms with Crippen LogP contribution in [0.25, 0.3) is 11.1 Å². The lowest BCUT2D eigenvalue weighted by Gasteiger charge is -2.37. The van der Waals surface area contributed by atoms with Crippen LogP contribution in [0.4, 0.5) is 4.79 Å². The third kappa shape index (κ3) is 7.61. The Balaban J connectivity index is 1.21. The van der Waals surface area contributed by atoms with Crippen LogP contribution in [0.2, 0.25) is 5.02 Å². The molecule has 9 nitrogen and oxygen atoms in total. The monoisotopic (exact) mass is 776 g/mol. The van der Waals surface area contributed by atoms with E-state index in [4.69, 9.17) is 21.1 Å². The molecule has 0 aromatic heterocycles. The highest BCUT2D eigenvalue weighted by atomic mass is 35.5. The first-order chi connectivity index (χ1) is 26.5. The van der Waals surface area contributed by atoms with Gasteiger partial charge in [0.25, 0.3) is 0 Å². The van der Waals surface area contributed by atoms with Crippen LogP contribution in [-0.2, 0) is 34.5 Å². The summed E-state index contributed by atoms with van der Waals surface area (Å²) in [6.07, 6.45) is -1.36. The predicted molar refractivity (Wildman–Crippen MR) is 212 cm³/mol. The molecular weight excluding hydrogens is 736 g/mol. The molecule has 7 rings (SSSR count). The van der Waals surface area contributed by atoms with Gasteiger partial charge in [0.05, 0.1) is 17.9 Å². The molecule has 1 unspecified atom stereocenters. The number of benzene rings is 5. The molecule has 2 aliphatic rings. The van der Waals surface area contributed by atoms with Crippen molar-refractivity contribution in [1.29, 1.82) is 0 Å². The lowest BCUT2D eigenvalue weighted by molar-refractivity contribution is -0.157. The molecule has 1 fully saturated rings. The van der Waals surface area contributed by atoms with Gasteiger partial charge in [0.15, 0.2) is 15.4 Å². The molecule has 5 aromatic rings. The summed E-state index contributed by atoms with van der Waals surface area (Å²) in [6, 6.07) is 38.5. The second kappa shape index (κ2) is 15.7. The van der Waals surface area contributed by atoms with Crippen molar-refractivity contribution in [1.82, 2.24) is 9.80 Å². The summed E-state index contributed by atoms with van der Waals surface area (Å²) in [5, 5.41) is 0.359. The number of rotatable bonds is 10. The SMILES string of the molecule is Cc1ccc(C(OC(=O)C[C@@H](C(=O)N2CCS(=O)(=O)CC2)N(C)C(=O)OCC2c3ccccc3-c3ccccc32)(c2ccccc2)c2ccccc2Cl)cc1. The van der Waals surface area contributed by atoms with Gasteiger partial charge in [-0.25, -0.2) is 13.2 Å². The molecule has 1 saturated heterocycles. The quantitative estimate of drug-likeness (QED) is 0.108. The van der Waals surface area contributed by atoms with Crippen molar-refractivity contribution in [2.45, 2.75) is 30.9 Å². The number of carbonyl (C=O) groups excluding carboxylic acids is 3. The highest BCUT2D eigenvalue weighted by Gasteiger charge is 2.44. The normalized spacial score (nSPS) is 16.2. The van der Waals surface area contributed by atoms with Crippen molar-refractivity contribution in [2.75, 3.05) is 38.2 Å². The minimum absolute atomic E-state index is 0.00155. The molecule has 0 saturated carbocycles. The fraction of sp³-hybridized carbons (Fsp3) is 0.250. The Hall–Kier alpha value is -5.45. The van der Waals surface area contributed by atoms with Crippen LogP contribution in [0.15, 0.2) is 127 Å². The fourth-order valence-electron chi connectivity index (χ4n) is 7.59. The molecule has 0 N–H and O–H groups in total. The molecule has 0 bridgehead atoms. The van der Waals surface area contributed by atoms with Crippen LogP contribution < -0.4 is 0 Å². The molecule has 2 atom stereocenters. The summed E-state index contributed by atoms with van der Waals surface area (Å²) >= 11 is 6.88. The molecule has 1 heterocycles. The molecule has 11 heteroatoms. The summed E-state index contributed by atoms with van der Waals surface area (Å²) in [6.45, 7) is 1.82. The van der Waals surface area contributed by atoms with E-state index in [1.54, 1.807) is 18.2 Å². The van der Waals surface area contributed by atoms with Crippen LogP contribution in [-0.4, -0.2) is 80.5 Å². The second-order valence-corrected chi connectivity index (χ2v) is 16.7. The van der Waals surface area contributed by atoms with Gasteiger partial charge in [-0.2, -0.15) is 0 Å². The molecule has 282 valence electrons. The largest absolute Gasteiger partial charge is 0.448 e. The van der Waals surface area contributed by atoms with Crippen molar-refractivity contribution in [3.8, 4) is 11.1 Å². The lowest BCUT2D eigenvalue weighted by atomic mass is 9.79. The Kier molecular flexibility index (Phi) is 10.8. The number of esters is 1. The van der Waals surface area contributed by atoms with Gasteiger partial charge >= 0.3 is 12.1 Å². The van der Waals surface area contributed by atoms with Crippen LogP contribution in [0.5, 0.6) is 0 Å². The Morgan fingerprint density at radius 1 is 0.782 bits per heavy atom. The first-order valence-electron chi connectivity index (χ1n) is 18.1. The number of hydrogen-bond donors (Lipinski definition) is 0. The van der Waals surface area contributed by atoms with Crippen LogP contribution in [0.3, 0.4) is 0 Å². The summed E-state index contributed by atoms with van der Waals surface area (Å²) in [4.78, 5) is 45.2. The Labute approximate surface area is 326 Å². The molecule has 2 amide bonds. The van der Waals surface area contributed by atoms with Gasteiger partial charge in [-0.3, -0.25) is 14.5 Å². The lowest BCUT2D eigenvalue weighted by Crippen LogP contribution is -2.54. The molecule has 1 aliphatic carbocycles. The molecular formula is C44H41ClN2O7S. The maximum absolute atomic E-state index is 14.5. The zero-order valence-electron chi connectivity index (χ0n) is 30.6. The first kappa shape index (κ1) is 37.8. The highest BCUT2D eigenvalue weighted by Crippen LogP contribution is 2.45. The van der Waals surface area contributed by atoms with Crippen molar-refractivity contribution >= 4 is 39.4 Å². The Morgan fingerprint density at radius 2 is 1.33 bits per heavy atom. The zero-order valence-corrected chi connectivity index (χ0v) is 32.1. The summed E-state index contributed by atoms with van der Waals surface area (Å²) in [5.74, 6) is -2.04. The van der Waals surface area contributed by atoms with Gasteiger partial charge in [-0.15, -0.1) is 0 Å². The number of sulfone groups is 1. The third-order valence-corrected chi connectivity index (χ3v) is 12.5. The maximum atomic E-state index is 14.5. The van der Waals surface area contributed by atoms with Gasteiger partial charge in [-0.05, 0) is 35.2 Å². The van der Waals surface area contributed by atoms with Crippen molar-refractivity contribution in [3.05, 3.63) is 166 Å². The van der Waals surface area contributed by atoms with Gasteiger partial charge in [-0.1, -0.05) is 138 Å².